The van der Waals surface area contributed by atoms with E-state index in [0.29, 0.717) is 0 Å². The zero-order chi connectivity index (χ0) is 16.0. The maximum Gasteiger partial charge on any atom is 0.309 e. The van der Waals surface area contributed by atoms with Crippen LogP contribution in [0, 0.1) is 10.1 Å². The lowest BCUT2D eigenvalue weighted by Gasteiger charge is -2.28. The average molecular weight is 293 g/mol. The second-order valence-electron chi connectivity index (χ2n) is 5.72. The highest BCUT2D eigenvalue weighted by Crippen LogP contribution is 2.29. The zero-order valence-corrected chi connectivity index (χ0v) is 11.8. The maximum absolute atomic E-state index is 12.1. The normalized spacial score (nSPS) is 17.9. The summed E-state index contributed by atoms with van der Waals surface area (Å²) in [6.07, 6.45) is 0. The zero-order valence-electron chi connectivity index (χ0n) is 11.8. The number of aliphatic hydroxyl groups is 2. The molecule has 0 saturated carbocycles. The summed E-state index contributed by atoms with van der Waals surface area (Å²) < 4.78 is 0. The first kappa shape index (κ1) is 15.1. The third kappa shape index (κ3) is 2.50. The number of nitro benzene ring substituents is 1. The molecule has 2 N–H and O–H groups in total. The van der Waals surface area contributed by atoms with Gasteiger partial charge in [0.2, 0.25) is 0 Å². The standard InChI is InChI=1S/C13H15N3O5/c1-12(2,3)15-11(17)13(18,19)10(14-15)8-5-4-6-9(7-8)16(20)21/h4-7,18-19H,1-3H3. The number of carbonyl (C=O) groups is 1. The van der Waals surface area contributed by atoms with Crippen molar-refractivity contribution in [1.82, 2.24) is 5.01 Å². The molecule has 0 radical (unpaired) electrons. The van der Waals surface area contributed by atoms with Crippen LogP contribution in [0.4, 0.5) is 5.69 Å². The number of hydrogen-bond acceptors (Lipinski definition) is 6. The van der Waals surface area contributed by atoms with E-state index in [-0.39, 0.29) is 17.0 Å². The molecule has 21 heavy (non-hydrogen) atoms. The summed E-state index contributed by atoms with van der Waals surface area (Å²) in [5.74, 6) is -3.79. The van der Waals surface area contributed by atoms with Crippen molar-refractivity contribution in [3.63, 3.8) is 0 Å². The molecule has 0 bridgehead atoms. The van der Waals surface area contributed by atoms with Crippen LogP contribution in [-0.4, -0.2) is 43.1 Å². The van der Waals surface area contributed by atoms with Gasteiger partial charge in [-0.05, 0) is 20.8 Å². The van der Waals surface area contributed by atoms with Crippen molar-refractivity contribution in [3.8, 4) is 0 Å². The molecule has 0 aliphatic carbocycles. The molecule has 1 aliphatic rings. The van der Waals surface area contributed by atoms with E-state index in [9.17, 15) is 25.1 Å². The molecule has 2 rings (SSSR count). The highest BCUT2D eigenvalue weighted by molar-refractivity contribution is 6.21. The minimum absolute atomic E-state index is 0.106. The first-order valence-corrected chi connectivity index (χ1v) is 6.18. The third-order valence-corrected chi connectivity index (χ3v) is 2.99. The van der Waals surface area contributed by atoms with E-state index < -0.39 is 22.2 Å². The molecule has 0 atom stereocenters. The van der Waals surface area contributed by atoms with Crippen LogP contribution in [-0.2, 0) is 4.79 Å². The highest BCUT2D eigenvalue weighted by atomic mass is 16.6. The molecule has 0 spiro atoms. The van der Waals surface area contributed by atoms with Crippen molar-refractivity contribution in [1.29, 1.82) is 0 Å². The Balaban J connectivity index is 2.54. The lowest BCUT2D eigenvalue weighted by molar-refractivity contribution is -0.384. The predicted molar refractivity (Wildman–Crippen MR) is 73.4 cm³/mol. The molecule has 0 fully saturated rings. The first-order chi connectivity index (χ1) is 9.55. The number of non-ortho nitro benzene ring substituents is 1. The van der Waals surface area contributed by atoms with E-state index >= 15 is 0 Å². The number of hydrogen-bond donors (Lipinski definition) is 2. The molecule has 0 unspecified atom stereocenters. The molecule has 1 aliphatic heterocycles. The van der Waals surface area contributed by atoms with Crippen LogP contribution in [0.25, 0.3) is 0 Å². The molecule has 0 aromatic heterocycles. The Morgan fingerprint density at radius 2 is 1.95 bits per heavy atom. The van der Waals surface area contributed by atoms with Gasteiger partial charge >= 0.3 is 5.91 Å². The maximum atomic E-state index is 12.1. The van der Waals surface area contributed by atoms with Gasteiger partial charge in [0, 0.05) is 17.7 Å². The number of rotatable bonds is 2. The fourth-order valence-corrected chi connectivity index (χ4v) is 1.94. The Kier molecular flexibility index (Phi) is 3.31. The Morgan fingerprint density at radius 3 is 2.43 bits per heavy atom. The van der Waals surface area contributed by atoms with Crippen LogP contribution < -0.4 is 0 Å². The van der Waals surface area contributed by atoms with E-state index in [4.69, 9.17) is 0 Å². The van der Waals surface area contributed by atoms with Gasteiger partial charge in [-0.2, -0.15) is 5.10 Å². The molecule has 1 aromatic carbocycles. The first-order valence-electron chi connectivity index (χ1n) is 6.18. The summed E-state index contributed by atoms with van der Waals surface area (Å²) >= 11 is 0. The number of nitro groups is 1. The quantitative estimate of drug-likeness (QED) is 0.471. The van der Waals surface area contributed by atoms with Crippen molar-refractivity contribution in [3.05, 3.63) is 39.9 Å². The topological polar surface area (TPSA) is 116 Å². The summed E-state index contributed by atoms with van der Waals surface area (Å²) in [5, 5.41) is 35.7. The van der Waals surface area contributed by atoms with Gasteiger partial charge in [-0.15, -0.1) is 0 Å². The smallest absolute Gasteiger partial charge is 0.309 e. The molecular weight excluding hydrogens is 278 g/mol. The van der Waals surface area contributed by atoms with Crippen molar-refractivity contribution in [2.45, 2.75) is 32.1 Å². The van der Waals surface area contributed by atoms with Gasteiger partial charge in [0.1, 0.15) is 5.71 Å². The Labute approximate surface area is 120 Å². The van der Waals surface area contributed by atoms with Crippen LogP contribution in [0.3, 0.4) is 0 Å². The lowest BCUT2D eigenvalue weighted by atomic mass is 10.0. The van der Waals surface area contributed by atoms with Crippen LogP contribution in [0.15, 0.2) is 29.4 Å². The van der Waals surface area contributed by atoms with E-state index in [1.165, 1.54) is 18.2 Å². The molecule has 0 saturated heterocycles. The number of amides is 1. The van der Waals surface area contributed by atoms with Crippen LogP contribution >= 0.6 is 0 Å². The fourth-order valence-electron chi connectivity index (χ4n) is 1.94. The molecule has 1 heterocycles. The van der Waals surface area contributed by atoms with Gasteiger partial charge in [0.15, 0.2) is 0 Å². The summed E-state index contributed by atoms with van der Waals surface area (Å²) in [6, 6.07) is 5.21. The van der Waals surface area contributed by atoms with Gasteiger partial charge in [-0.1, -0.05) is 12.1 Å². The third-order valence-electron chi connectivity index (χ3n) is 2.99. The number of carbonyl (C=O) groups excluding carboxylic acids is 1. The fraction of sp³-hybridized carbons (Fsp3) is 0.385. The number of hydrazone groups is 1. The van der Waals surface area contributed by atoms with Gasteiger partial charge in [0.25, 0.3) is 11.5 Å². The summed E-state index contributed by atoms with van der Waals surface area (Å²) in [5.41, 5.74) is -1.20. The molecule has 1 amide bonds. The van der Waals surface area contributed by atoms with Crippen LogP contribution in [0.5, 0.6) is 0 Å². The van der Waals surface area contributed by atoms with Crippen molar-refractivity contribution >= 4 is 17.3 Å². The Morgan fingerprint density at radius 1 is 1.33 bits per heavy atom. The minimum atomic E-state index is -2.80. The van der Waals surface area contributed by atoms with E-state index in [2.05, 4.69) is 5.10 Å². The van der Waals surface area contributed by atoms with Crippen molar-refractivity contribution < 1.29 is 19.9 Å². The predicted octanol–water partition coefficient (Wildman–Crippen LogP) is 0.620. The molecular formula is C13H15N3O5. The molecule has 1 aromatic rings. The highest BCUT2D eigenvalue weighted by Gasteiger charge is 2.52. The summed E-state index contributed by atoms with van der Waals surface area (Å²) in [4.78, 5) is 22.2. The molecule has 8 heteroatoms. The van der Waals surface area contributed by atoms with E-state index in [1.807, 2.05) is 0 Å². The van der Waals surface area contributed by atoms with Gasteiger partial charge < -0.3 is 10.2 Å². The van der Waals surface area contributed by atoms with Crippen LogP contribution in [0.2, 0.25) is 0 Å². The van der Waals surface area contributed by atoms with Crippen molar-refractivity contribution in [2.75, 3.05) is 0 Å². The Bertz CT molecular complexity index is 645. The Hall–Kier alpha value is -2.32. The average Bonchev–Trinajstić information content (AvgIpc) is 2.61. The van der Waals surface area contributed by atoms with Gasteiger partial charge in [-0.25, -0.2) is 5.01 Å². The number of benzene rings is 1. The van der Waals surface area contributed by atoms with Gasteiger partial charge in [0.05, 0.1) is 10.5 Å². The molecule has 8 nitrogen and oxygen atoms in total. The lowest BCUT2D eigenvalue weighted by Crippen LogP contribution is -2.50. The second kappa shape index (κ2) is 4.61. The summed E-state index contributed by atoms with van der Waals surface area (Å²) in [7, 11) is 0. The van der Waals surface area contributed by atoms with E-state index in [0.717, 1.165) is 11.1 Å². The SMILES string of the molecule is CC(C)(C)N1N=C(c2cccc([N+](=O)[O-])c2)C(O)(O)C1=O. The second-order valence-corrected chi connectivity index (χ2v) is 5.72. The largest absolute Gasteiger partial charge is 0.353 e. The monoisotopic (exact) mass is 293 g/mol. The number of nitrogens with zero attached hydrogens (tertiary/aromatic N) is 3. The van der Waals surface area contributed by atoms with E-state index in [1.54, 1.807) is 20.8 Å². The molecule has 112 valence electrons. The van der Waals surface area contributed by atoms with Gasteiger partial charge in [-0.3, -0.25) is 14.9 Å². The minimum Gasteiger partial charge on any atom is -0.353 e. The van der Waals surface area contributed by atoms with Crippen molar-refractivity contribution in [2.24, 2.45) is 5.10 Å². The summed E-state index contributed by atoms with van der Waals surface area (Å²) in [6.45, 7) is 5.04. The van der Waals surface area contributed by atoms with Crippen LogP contribution in [0.1, 0.15) is 26.3 Å².